The van der Waals surface area contributed by atoms with Crippen molar-refractivity contribution >= 4 is 23.2 Å². The molecule has 1 aliphatic heterocycles. The molecule has 0 atom stereocenters. The summed E-state index contributed by atoms with van der Waals surface area (Å²) in [5.41, 5.74) is 0.778. The van der Waals surface area contributed by atoms with Crippen LogP contribution in [0.5, 0.6) is 0 Å². The zero-order valence-corrected chi connectivity index (χ0v) is 18.0. The Morgan fingerprint density at radius 3 is 2.32 bits per heavy atom. The van der Waals surface area contributed by atoms with Crippen LogP contribution in [0.4, 0.5) is 15.8 Å². The van der Waals surface area contributed by atoms with Crippen molar-refractivity contribution in [2.45, 2.75) is 44.9 Å². The highest BCUT2D eigenvalue weighted by atomic mass is 19.1. The summed E-state index contributed by atoms with van der Waals surface area (Å²) in [5.74, 6) is 1.72. The fourth-order valence-electron chi connectivity index (χ4n) is 6.73. The molecule has 4 saturated carbocycles. The maximum Gasteiger partial charge on any atom is 0.226 e. The highest BCUT2D eigenvalue weighted by molar-refractivity contribution is 5.91. The molecule has 4 aliphatic carbocycles. The Morgan fingerprint density at radius 1 is 1.06 bits per heavy atom. The first kappa shape index (κ1) is 20.7. The smallest absolute Gasteiger partial charge is 0.226 e. The standard InChI is InChI=1S/C24H32FN3O3/c25-20-12-19(1-2-21(20)28-5-7-31-8-6-28)27-22(29)3-4-26-23(30)24-13-16-9-17(14-24)11-18(10-16)15-24/h1-2,12,16-18H,3-11,13-15H2,(H,26,30)(H,27,29). The predicted octanol–water partition coefficient (Wildman–Crippen LogP) is 3.32. The maximum atomic E-state index is 14.5. The lowest BCUT2D eigenvalue weighted by Crippen LogP contribution is -2.53. The number of rotatable bonds is 6. The van der Waals surface area contributed by atoms with Crippen LogP contribution in [0.2, 0.25) is 0 Å². The lowest BCUT2D eigenvalue weighted by atomic mass is 9.49. The van der Waals surface area contributed by atoms with Crippen LogP contribution < -0.4 is 15.5 Å². The number of carbonyl (C=O) groups is 2. The van der Waals surface area contributed by atoms with E-state index in [1.807, 2.05) is 4.90 Å². The van der Waals surface area contributed by atoms with E-state index in [0.717, 1.165) is 37.0 Å². The lowest BCUT2D eigenvalue weighted by molar-refractivity contribution is -0.146. The van der Waals surface area contributed by atoms with Gasteiger partial charge in [0.2, 0.25) is 11.8 Å². The molecular weight excluding hydrogens is 397 g/mol. The molecule has 1 saturated heterocycles. The average molecular weight is 430 g/mol. The van der Waals surface area contributed by atoms with E-state index in [4.69, 9.17) is 4.74 Å². The molecule has 0 unspecified atom stereocenters. The van der Waals surface area contributed by atoms with Crippen LogP contribution in [-0.4, -0.2) is 44.7 Å². The minimum absolute atomic E-state index is 0.139. The van der Waals surface area contributed by atoms with Crippen molar-refractivity contribution in [1.82, 2.24) is 5.32 Å². The highest BCUT2D eigenvalue weighted by Gasteiger charge is 2.54. The van der Waals surface area contributed by atoms with Crippen LogP contribution in [0.3, 0.4) is 0 Å². The van der Waals surface area contributed by atoms with Gasteiger partial charge in [0.05, 0.1) is 18.9 Å². The number of anilines is 2. The van der Waals surface area contributed by atoms with Gasteiger partial charge in [-0.15, -0.1) is 0 Å². The third-order valence-electron chi connectivity index (χ3n) is 7.74. The molecule has 168 valence electrons. The normalized spacial score (nSPS) is 31.5. The minimum Gasteiger partial charge on any atom is -0.378 e. The number of halogens is 1. The molecule has 2 amide bonds. The van der Waals surface area contributed by atoms with Crippen molar-refractivity contribution < 1.29 is 18.7 Å². The fourth-order valence-corrected chi connectivity index (χ4v) is 6.73. The van der Waals surface area contributed by atoms with E-state index in [2.05, 4.69) is 10.6 Å². The van der Waals surface area contributed by atoms with Crippen molar-refractivity contribution in [3.8, 4) is 0 Å². The molecule has 2 N–H and O–H groups in total. The number of nitrogens with zero attached hydrogens (tertiary/aromatic N) is 1. The second-order valence-corrected chi connectivity index (χ2v) is 10.0. The Kier molecular flexibility index (Phi) is 5.63. The van der Waals surface area contributed by atoms with E-state index in [1.165, 1.54) is 25.3 Å². The second kappa shape index (κ2) is 8.41. The maximum absolute atomic E-state index is 14.5. The van der Waals surface area contributed by atoms with Crippen LogP contribution in [0, 0.1) is 29.0 Å². The molecule has 6 rings (SSSR count). The van der Waals surface area contributed by atoms with Gasteiger partial charge in [0.25, 0.3) is 0 Å². The Bertz CT molecular complexity index is 817. The zero-order valence-electron chi connectivity index (χ0n) is 18.0. The summed E-state index contributed by atoms with van der Waals surface area (Å²) in [6, 6.07) is 4.78. The van der Waals surface area contributed by atoms with Crippen molar-refractivity contribution in [2.24, 2.45) is 23.2 Å². The Labute approximate surface area is 182 Å². The molecule has 1 aromatic rings. The van der Waals surface area contributed by atoms with E-state index >= 15 is 0 Å². The molecule has 31 heavy (non-hydrogen) atoms. The van der Waals surface area contributed by atoms with Crippen molar-refractivity contribution in [1.29, 1.82) is 0 Å². The van der Waals surface area contributed by atoms with E-state index in [9.17, 15) is 14.0 Å². The second-order valence-electron chi connectivity index (χ2n) is 10.0. The molecule has 1 aromatic carbocycles. The molecule has 0 aromatic heterocycles. The predicted molar refractivity (Wildman–Crippen MR) is 116 cm³/mol. The number of benzene rings is 1. The quantitative estimate of drug-likeness (QED) is 0.728. The van der Waals surface area contributed by atoms with E-state index < -0.39 is 0 Å². The monoisotopic (exact) mass is 429 g/mol. The largest absolute Gasteiger partial charge is 0.378 e. The molecule has 5 fully saturated rings. The molecule has 4 bridgehead atoms. The van der Waals surface area contributed by atoms with Gasteiger partial charge in [0.15, 0.2) is 0 Å². The molecule has 7 heteroatoms. The van der Waals surface area contributed by atoms with Crippen molar-refractivity contribution in [2.75, 3.05) is 43.1 Å². The summed E-state index contributed by atoms with van der Waals surface area (Å²) < 4.78 is 19.8. The third kappa shape index (κ3) is 4.29. The summed E-state index contributed by atoms with van der Waals surface area (Å²) in [4.78, 5) is 27.2. The van der Waals surface area contributed by atoms with Gasteiger partial charge >= 0.3 is 0 Å². The number of carbonyl (C=O) groups excluding carboxylic acids is 2. The van der Waals surface area contributed by atoms with Crippen LogP contribution >= 0.6 is 0 Å². The van der Waals surface area contributed by atoms with Crippen LogP contribution in [0.25, 0.3) is 0 Å². The van der Waals surface area contributed by atoms with E-state index in [0.29, 0.717) is 44.2 Å². The molecule has 1 heterocycles. The number of hydrogen-bond acceptors (Lipinski definition) is 4. The molecule has 6 nitrogen and oxygen atoms in total. The lowest BCUT2D eigenvalue weighted by Gasteiger charge is -2.55. The first-order valence-electron chi connectivity index (χ1n) is 11.7. The van der Waals surface area contributed by atoms with Gasteiger partial charge in [-0.3, -0.25) is 9.59 Å². The van der Waals surface area contributed by atoms with Gasteiger partial charge in [-0.1, -0.05) is 0 Å². The van der Waals surface area contributed by atoms with Gasteiger partial charge in [0.1, 0.15) is 5.82 Å². The topological polar surface area (TPSA) is 70.7 Å². The van der Waals surface area contributed by atoms with Gasteiger partial charge in [-0.25, -0.2) is 4.39 Å². The molecular formula is C24H32FN3O3. The van der Waals surface area contributed by atoms with E-state index in [-0.39, 0.29) is 29.5 Å². The number of ether oxygens (including phenoxy) is 1. The number of amides is 2. The van der Waals surface area contributed by atoms with Crippen LogP contribution in [-0.2, 0) is 14.3 Å². The fraction of sp³-hybridized carbons (Fsp3) is 0.667. The Hall–Kier alpha value is -2.15. The summed E-state index contributed by atoms with van der Waals surface area (Å²) in [5, 5.41) is 5.78. The van der Waals surface area contributed by atoms with Crippen LogP contribution in [0.1, 0.15) is 44.9 Å². The Morgan fingerprint density at radius 2 is 1.71 bits per heavy atom. The van der Waals surface area contributed by atoms with Gasteiger partial charge < -0.3 is 20.3 Å². The third-order valence-corrected chi connectivity index (χ3v) is 7.74. The summed E-state index contributed by atoms with van der Waals surface area (Å²) in [7, 11) is 0. The van der Waals surface area contributed by atoms with Crippen LogP contribution in [0.15, 0.2) is 18.2 Å². The summed E-state index contributed by atoms with van der Waals surface area (Å²) >= 11 is 0. The summed E-state index contributed by atoms with van der Waals surface area (Å²) in [6.07, 6.45) is 7.15. The Balaban J connectivity index is 1.10. The molecule has 0 spiro atoms. The zero-order chi connectivity index (χ0) is 21.4. The average Bonchev–Trinajstić information content (AvgIpc) is 2.73. The first-order chi connectivity index (χ1) is 15.0. The van der Waals surface area contributed by atoms with Crippen molar-refractivity contribution in [3.05, 3.63) is 24.0 Å². The SMILES string of the molecule is O=C(CCNC(=O)C12CC3CC(CC(C3)C1)C2)Nc1ccc(N2CCOCC2)c(F)c1. The van der Waals surface area contributed by atoms with Gasteiger partial charge in [-0.2, -0.15) is 0 Å². The summed E-state index contributed by atoms with van der Waals surface area (Å²) in [6.45, 7) is 2.82. The van der Waals surface area contributed by atoms with Gasteiger partial charge in [0, 0.05) is 37.2 Å². The highest BCUT2D eigenvalue weighted by Crippen LogP contribution is 2.60. The molecule has 0 radical (unpaired) electrons. The molecule has 5 aliphatic rings. The first-order valence-corrected chi connectivity index (χ1v) is 11.7. The van der Waals surface area contributed by atoms with Crippen molar-refractivity contribution in [3.63, 3.8) is 0 Å². The van der Waals surface area contributed by atoms with Gasteiger partial charge in [-0.05, 0) is 74.5 Å². The number of nitrogens with one attached hydrogen (secondary N) is 2. The minimum atomic E-state index is -0.352. The number of morpholine rings is 1. The number of hydrogen-bond donors (Lipinski definition) is 2. The van der Waals surface area contributed by atoms with E-state index in [1.54, 1.807) is 12.1 Å².